The first-order chi connectivity index (χ1) is 8.63. The fourth-order valence-corrected chi connectivity index (χ4v) is 3.23. The topological polar surface area (TPSA) is 32.3 Å². The summed E-state index contributed by atoms with van der Waals surface area (Å²) >= 11 is 1.67. The largest absolute Gasteiger partial charge is 0.340 e. The van der Waals surface area contributed by atoms with Crippen molar-refractivity contribution in [2.24, 2.45) is 0 Å². The van der Waals surface area contributed by atoms with Crippen LogP contribution >= 0.6 is 11.3 Å². The molecule has 0 aromatic carbocycles. The van der Waals surface area contributed by atoms with Crippen LogP contribution in [0.15, 0.2) is 6.07 Å². The Morgan fingerprint density at radius 2 is 2.17 bits per heavy atom. The van der Waals surface area contributed by atoms with E-state index in [1.165, 1.54) is 10.4 Å². The normalized spacial score (nSPS) is 10.7. The number of likely N-dealkylation sites (N-methyl/N-ethyl adjacent to an activating group) is 2. The number of hydrogen-bond donors (Lipinski definition) is 1. The summed E-state index contributed by atoms with van der Waals surface area (Å²) in [5, 5.41) is 3.06. The van der Waals surface area contributed by atoms with E-state index in [1.54, 1.807) is 16.2 Å². The van der Waals surface area contributed by atoms with Crippen LogP contribution in [-0.2, 0) is 12.8 Å². The van der Waals surface area contributed by atoms with Gasteiger partial charge in [0.25, 0.3) is 5.91 Å². The van der Waals surface area contributed by atoms with Gasteiger partial charge in [0.2, 0.25) is 0 Å². The Kier molecular flexibility index (Phi) is 6.36. The highest BCUT2D eigenvalue weighted by atomic mass is 32.1. The van der Waals surface area contributed by atoms with Crippen molar-refractivity contribution >= 4 is 17.2 Å². The van der Waals surface area contributed by atoms with Crippen LogP contribution in [-0.4, -0.2) is 38.0 Å². The van der Waals surface area contributed by atoms with Gasteiger partial charge in [-0.3, -0.25) is 4.79 Å². The molecular weight excluding hydrogens is 244 g/mol. The van der Waals surface area contributed by atoms with Gasteiger partial charge in [0.05, 0.1) is 4.88 Å². The molecule has 102 valence electrons. The molecule has 1 aromatic heterocycles. The molecule has 0 bridgehead atoms. The minimum absolute atomic E-state index is 0.146. The summed E-state index contributed by atoms with van der Waals surface area (Å²) in [7, 11) is 3.77. The first-order valence-electron chi connectivity index (χ1n) is 6.65. The molecule has 0 unspecified atom stereocenters. The lowest BCUT2D eigenvalue weighted by molar-refractivity contribution is 0.0801. The summed E-state index contributed by atoms with van der Waals surface area (Å²) in [6.07, 6.45) is 3.23. The first-order valence-corrected chi connectivity index (χ1v) is 7.47. The zero-order valence-corrected chi connectivity index (χ0v) is 12.7. The maximum atomic E-state index is 12.2. The highest BCUT2D eigenvalue weighted by Gasteiger charge is 2.16. The fraction of sp³-hybridized carbons (Fsp3) is 0.643. The van der Waals surface area contributed by atoms with Crippen molar-refractivity contribution in [2.75, 3.05) is 27.2 Å². The Morgan fingerprint density at radius 3 is 2.72 bits per heavy atom. The molecule has 0 atom stereocenters. The Labute approximate surface area is 114 Å². The summed E-state index contributed by atoms with van der Waals surface area (Å²) in [6, 6.07) is 2.08. The minimum Gasteiger partial charge on any atom is -0.340 e. The van der Waals surface area contributed by atoms with Gasteiger partial charge in [-0.05, 0) is 31.5 Å². The van der Waals surface area contributed by atoms with Crippen LogP contribution in [0.2, 0.25) is 0 Å². The lowest BCUT2D eigenvalue weighted by Crippen LogP contribution is -2.32. The van der Waals surface area contributed by atoms with Gasteiger partial charge in [0, 0.05) is 25.0 Å². The Balaban J connectivity index is 2.79. The molecule has 0 aliphatic heterocycles. The molecule has 1 aromatic rings. The van der Waals surface area contributed by atoms with E-state index < -0.39 is 0 Å². The third-order valence-electron chi connectivity index (χ3n) is 3.01. The molecule has 0 saturated carbocycles. The van der Waals surface area contributed by atoms with Crippen molar-refractivity contribution in [1.82, 2.24) is 10.2 Å². The maximum Gasteiger partial charge on any atom is 0.263 e. The van der Waals surface area contributed by atoms with E-state index in [0.717, 1.165) is 37.2 Å². The van der Waals surface area contributed by atoms with Crippen molar-refractivity contribution in [2.45, 2.75) is 33.1 Å². The number of thiophene rings is 1. The molecule has 1 amide bonds. The average molecular weight is 268 g/mol. The number of aryl methyl sites for hydroxylation is 2. The first kappa shape index (κ1) is 15.2. The van der Waals surface area contributed by atoms with Crippen molar-refractivity contribution in [3.05, 3.63) is 21.4 Å². The molecule has 0 aliphatic rings. The molecule has 4 heteroatoms. The summed E-state index contributed by atoms with van der Waals surface area (Å²) in [4.78, 5) is 16.3. The summed E-state index contributed by atoms with van der Waals surface area (Å²) < 4.78 is 0. The third-order valence-corrected chi connectivity index (χ3v) is 4.23. The number of carbonyl (C=O) groups is 1. The summed E-state index contributed by atoms with van der Waals surface area (Å²) in [5.41, 5.74) is 1.34. The van der Waals surface area contributed by atoms with Crippen molar-refractivity contribution < 1.29 is 4.79 Å². The molecule has 3 nitrogen and oxygen atoms in total. The van der Waals surface area contributed by atoms with Crippen molar-refractivity contribution in [3.8, 4) is 0 Å². The number of rotatable bonds is 7. The van der Waals surface area contributed by atoms with Gasteiger partial charge in [0.15, 0.2) is 0 Å². The highest BCUT2D eigenvalue weighted by Crippen LogP contribution is 2.25. The predicted molar refractivity (Wildman–Crippen MR) is 78.6 cm³/mol. The number of hydrogen-bond acceptors (Lipinski definition) is 3. The second-order valence-corrected chi connectivity index (χ2v) is 5.63. The Bertz CT molecular complexity index is 387. The van der Waals surface area contributed by atoms with Gasteiger partial charge >= 0.3 is 0 Å². The van der Waals surface area contributed by atoms with Gasteiger partial charge < -0.3 is 10.2 Å². The van der Waals surface area contributed by atoms with Crippen LogP contribution in [0.1, 0.15) is 40.4 Å². The number of carbonyl (C=O) groups excluding carboxylic acids is 1. The molecule has 0 radical (unpaired) electrons. The monoisotopic (exact) mass is 268 g/mol. The smallest absolute Gasteiger partial charge is 0.263 e. The molecule has 0 spiro atoms. The van der Waals surface area contributed by atoms with Gasteiger partial charge in [-0.15, -0.1) is 11.3 Å². The Morgan fingerprint density at radius 1 is 1.44 bits per heavy atom. The van der Waals surface area contributed by atoms with Gasteiger partial charge in [0.1, 0.15) is 0 Å². The lowest BCUT2D eigenvalue weighted by Gasteiger charge is -2.15. The van der Waals surface area contributed by atoms with Crippen molar-refractivity contribution in [1.29, 1.82) is 0 Å². The number of nitrogens with one attached hydrogen (secondary N) is 1. The second kappa shape index (κ2) is 7.54. The van der Waals surface area contributed by atoms with Crippen LogP contribution in [0.5, 0.6) is 0 Å². The summed E-state index contributed by atoms with van der Waals surface area (Å²) in [5.74, 6) is 0.146. The van der Waals surface area contributed by atoms with Crippen LogP contribution in [0.25, 0.3) is 0 Å². The van der Waals surface area contributed by atoms with Gasteiger partial charge in [-0.1, -0.05) is 20.3 Å². The molecule has 1 heterocycles. The standard InChI is InChI=1S/C14H24N2OS/c1-5-7-12-11(6-2)10-13(18-12)14(17)16(4)9-8-15-3/h10,15H,5-9H2,1-4H3. The third kappa shape index (κ3) is 3.82. The highest BCUT2D eigenvalue weighted by molar-refractivity contribution is 7.14. The maximum absolute atomic E-state index is 12.2. The number of amides is 1. The zero-order chi connectivity index (χ0) is 13.5. The quantitative estimate of drug-likeness (QED) is 0.824. The molecule has 18 heavy (non-hydrogen) atoms. The van der Waals surface area contributed by atoms with E-state index in [-0.39, 0.29) is 5.91 Å². The second-order valence-electron chi connectivity index (χ2n) is 4.49. The van der Waals surface area contributed by atoms with Crippen LogP contribution < -0.4 is 5.32 Å². The molecule has 0 saturated heterocycles. The Hall–Kier alpha value is -0.870. The fourth-order valence-electron chi connectivity index (χ4n) is 1.88. The van der Waals surface area contributed by atoms with Crippen LogP contribution in [0, 0.1) is 0 Å². The summed E-state index contributed by atoms with van der Waals surface area (Å²) in [6.45, 7) is 5.91. The minimum atomic E-state index is 0.146. The lowest BCUT2D eigenvalue weighted by atomic mass is 10.1. The van der Waals surface area contributed by atoms with E-state index >= 15 is 0 Å². The SMILES string of the molecule is CCCc1sc(C(=O)N(C)CCNC)cc1CC. The van der Waals surface area contributed by atoms with Crippen molar-refractivity contribution in [3.63, 3.8) is 0 Å². The molecule has 0 fully saturated rings. The van der Waals surface area contributed by atoms with E-state index in [9.17, 15) is 4.79 Å². The van der Waals surface area contributed by atoms with E-state index in [0.29, 0.717) is 0 Å². The predicted octanol–water partition coefficient (Wildman–Crippen LogP) is 2.55. The van der Waals surface area contributed by atoms with E-state index in [2.05, 4.69) is 25.2 Å². The molecule has 0 aliphatic carbocycles. The average Bonchev–Trinajstić information content (AvgIpc) is 2.78. The molecule has 1 N–H and O–H groups in total. The van der Waals surface area contributed by atoms with E-state index in [4.69, 9.17) is 0 Å². The van der Waals surface area contributed by atoms with Crippen LogP contribution in [0.3, 0.4) is 0 Å². The number of nitrogens with zero attached hydrogens (tertiary/aromatic N) is 1. The van der Waals surface area contributed by atoms with E-state index in [1.807, 2.05) is 14.1 Å². The van der Waals surface area contributed by atoms with Gasteiger partial charge in [-0.2, -0.15) is 0 Å². The van der Waals surface area contributed by atoms with Crippen LogP contribution in [0.4, 0.5) is 0 Å². The zero-order valence-electron chi connectivity index (χ0n) is 11.9. The molecule has 1 rings (SSSR count). The molecular formula is C14H24N2OS. The van der Waals surface area contributed by atoms with Gasteiger partial charge in [-0.25, -0.2) is 0 Å².